The summed E-state index contributed by atoms with van der Waals surface area (Å²) in [6.45, 7) is 0.0880. The van der Waals surface area contributed by atoms with Crippen molar-refractivity contribution in [3.8, 4) is 0 Å². The van der Waals surface area contributed by atoms with E-state index in [4.69, 9.17) is 0 Å². The van der Waals surface area contributed by atoms with Gasteiger partial charge < -0.3 is 10.1 Å². The first kappa shape index (κ1) is 14.4. The second-order valence-corrected chi connectivity index (χ2v) is 5.08. The lowest BCUT2D eigenvalue weighted by Crippen LogP contribution is -2.24. The largest absolute Gasteiger partial charge is 0.468 e. The minimum absolute atomic E-state index is 0.0148. The number of hydrogen-bond acceptors (Lipinski definition) is 3. The first-order chi connectivity index (χ1) is 7.95. The van der Waals surface area contributed by atoms with E-state index in [-0.39, 0.29) is 16.7 Å². The lowest BCUT2D eigenvalue weighted by atomic mass is 10.3. The monoisotopic (exact) mass is 371 g/mol. The molecule has 0 radical (unpaired) electrons. The molecule has 1 unspecified atom stereocenters. The Hall–Kier alpha value is -0.690. The van der Waals surface area contributed by atoms with Crippen LogP contribution in [0.2, 0.25) is 0 Å². The van der Waals surface area contributed by atoms with E-state index in [1.807, 2.05) is 0 Å². The van der Waals surface area contributed by atoms with Gasteiger partial charge in [-0.15, -0.1) is 0 Å². The van der Waals surface area contributed by atoms with E-state index < -0.39 is 22.4 Å². The van der Waals surface area contributed by atoms with E-state index in [9.17, 15) is 13.6 Å². The van der Waals surface area contributed by atoms with Crippen LogP contribution in [-0.2, 0) is 9.53 Å². The van der Waals surface area contributed by atoms with Crippen molar-refractivity contribution < 1.29 is 18.3 Å². The summed E-state index contributed by atoms with van der Waals surface area (Å²) in [6, 6.07) is 2.02. The Labute approximate surface area is 114 Å². The highest BCUT2D eigenvalue weighted by Crippen LogP contribution is 2.23. The first-order valence-electron chi connectivity index (χ1n) is 4.56. The zero-order chi connectivity index (χ0) is 13.0. The van der Waals surface area contributed by atoms with Crippen LogP contribution >= 0.6 is 31.9 Å². The molecule has 0 saturated heterocycles. The van der Waals surface area contributed by atoms with Crippen molar-refractivity contribution in [1.82, 2.24) is 0 Å². The Balaban J connectivity index is 2.70. The summed E-state index contributed by atoms with van der Waals surface area (Å²) in [5.41, 5.74) is -0.0148. The Morgan fingerprint density at radius 1 is 1.47 bits per heavy atom. The van der Waals surface area contributed by atoms with Gasteiger partial charge in [-0.3, -0.25) is 4.79 Å². The van der Waals surface area contributed by atoms with Crippen LogP contribution in [0.15, 0.2) is 16.6 Å². The number of nitrogens with one attached hydrogen (secondary N) is 1. The highest BCUT2D eigenvalue weighted by Gasteiger charge is 2.16. The molecular weight excluding hydrogens is 364 g/mol. The molecule has 3 nitrogen and oxygen atoms in total. The topological polar surface area (TPSA) is 38.3 Å². The van der Waals surface area contributed by atoms with E-state index >= 15 is 0 Å². The third-order valence-corrected chi connectivity index (χ3v) is 3.24. The zero-order valence-corrected chi connectivity index (χ0v) is 11.9. The molecular formula is C10H9Br2F2NO2. The number of methoxy groups -OCH3 is 1. The third-order valence-electron chi connectivity index (χ3n) is 1.94. The molecule has 0 bridgehead atoms. The molecule has 0 fully saturated rings. The molecule has 1 aromatic carbocycles. The molecule has 1 atom stereocenters. The van der Waals surface area contributed by atoms with Gasteiger partial charge >= 0.3 is 5.97 Å². The van der Waals surface area contributed by atoms with Gasteiger partial charge in [0.15, 0.2) is 0 Å². The number of benzene rings is 1. The van der Waals surface area contributed by atoms with Crippen LogP contribution in [0.3, 0.4) is 0 Å². The summed E-state index contributed by atoms with van der Waals surface area (Å²) in [6.07, 6.45) is 0. The summed E-state index contributed by atoms with van der Waals surface area (Å²) in [5, 5.41) is 2.61. The van der Waals surface area contributed by atoms with Crippen molar-refractivity contribution in [2.45, 2.75) is 4.83 Å². The number of anilines is 1. The minimum Gasteiger partial charge on any atom is -0.468 e. The van der Waals surface area contributed by atoms with Gasteiger partial charge in [0.2, 0.25) is 0 Å². The van der Waals surface area contributed by atoms with Gasteiger partial charge in [-0.2, -0.15) is 0 Å². The SMILES string of the molecule is COC(=O)C(Br)CNc1cc(F)c(Br)cc1F. The fraction of sp³-hybridized carbons (Fsp3) is 0.300. The standard InChI is InChI=1S/C10H9Br2F2NO2/c1-17-10(16)6(12)4-15-9-3-7(13)5(11)2-8(9)14/h2-3,6,15H,4H2,1H3. The number of rotatable bonds is 4. The number of carbonyl (C=O) groups is 1. The van der Waals surface area contributed by atoms with Crippen molar-refractivity contribution in [2.75, 3.05) is 19.0 Å². The lowest BCUT2D eigenvalue weighted by molar-refractivity contribution is -0.139. The molecule has 0 heterocycles. The number of carbonyl (C=O) groups excluding carboxylic acids is 1. The van der Waals surface area contributed by atoms with E-state index in [1.165, 1.54) is 7.11 Å². The molecule has 7 heteroatoms. The molecule has 0 aliphatic heterocycles. The predicted molar refractivity (Wildman–Crippen MR) is 67.3 cm³/mol. The molecule has 94 valence electrons. The maximum absolute atomic E-state index is 13.4. The number of esters is 1. The second kappa shape index (κ2) is 6.30. The maximum atomic E-state index is 13.4. The predicted octanol–water partition coefficient (Wildman–Crippen LogP) is 3.08. The summed E-state index contributed by atoms with van der Waals surface area (Å²) in [5.74, 6) is -1.68. The first-order valence-corrected chi connectivity index (χ1v) is 6.27. The lowest BCUT2D eigenvalue weighted by Gasteiger charge is -2.11. The van der Waals surface area contributed by atoms with Gasteiger partial charge in [0.25, 0.3) is 0 Å². The van der Waals surface area contributed by atoms with Crippen molar-refractivity contribution in [1.29, 1.82) is 0 Å². The molecule has 0 spiro atoms. The van der Waals surface area contributed by atoms with Crippen molar-refractivity contribution in [3.63, 3.8) is 0 Å². The smallest absolute Gasteiger partial charge is 0.321 e. The Kier molecular flexibility index (Phi) is 5.32. The molecule has 17 heavy (non-hydrogen) atoms. The molecule has 0 aromatic heterocycles. The highest BCUT2D eigenvalue weighted by atomic mass is 79.9. The van der Waals surface area contributed by atoms with Crippen LogP contribution in [-0.4, -0.2) is 24.5 Å². The van der Waals surface area contributed by atoms with Gasteiger partial charge in [0.05, 0.1) is 17.3 Å². The fourth-order valence-corrected chi connectivity index (χ4v) is 1.73. The van der Waals surface area contributed by atoms with E-state index in [0.29, 0.717) is 0 Å². The zero-order valence-electron chi connectivity index (χ0n) is 8.77. The van der Waals surface area contributed by atoms with Crippen LogP contribution in [0.5, 0.6) is 0 Å². The summed E-state index contributed by atoms with van der Waals surface area (Å²) in [7, 11) is 1.25. The van der Waals surface area contributed by atoms with Gasteiger partial charge in [-0.05, 0) is 22.0 Å². The quantitative estimate of drug-likeness (QED) is 0.501. The molecule has 0 amide bonds. The Morgan fingerprint density at radius 3 is 2.71 bits per heavy atom. The highest BCUT2D eigenvalue weighted by molar-refractivity contribution is 9.10. The van der Waals surface area contributed by atoms with E-state index in [1.54, 1.807) is 0 Å². The van der Waals surface area contributed by atoms with Crippen molar-refractivity contribution in [2.24, 2.45) is 0 Å². The van der Waals surface area contributed by atoms with Gasteiger partial charge in [0.1, 0.15) is 16.5 Å². The molecule has 1 N–H and O–H groups in total. The van der Waals surface area contributed by atoms with Gasteiger partial charge in [-0.1, -0.05) is 15.9 Å². The minimum atomic E-state index is -0.626. The Bertz CT molecular complexity index is 429. The second-order valence-electron chi connectivity index (χ2n) is 3.12. The molecule has 1 rings (SSSR count). The van der Waals surface area contributed by atoms with Gasteiger partial charge in [-0.25, -0.2) is 8.78 Å². The summed E-state index contributed by atoms with van der Waals surface area (Å²) in [4.78, 5) is 10.4. The molecule has 0 aliphatic rings. The number of hydrogen-bond donors (Lipinski definition) is 1. The molecule has 0 saturated carbocycles. The van der Waals surface area contributed by atoms with Crippen LogP contribution in [0.1, 0.15) is 0 Å². The van der Waals surface area contributed by atoms with Crippen LogP contribution in [0.25, 0.3) is 0 Å². The summed E-state index contributed by atoms with van der Waals surface area (Å²) < 4.78 is 31.0. The normalized spacial score (nSPS) is 12.1. The third kappa shape index (κ3) is 3.92. The van der Waals surface area contributed by atoms with Crippen molar-refractivity contribution >= 4 is 43.5 Å². The molecule has 0 aliphatic carbocycles. The number of alkyl halides is 1. The number of halogens is 4. The fourth-order valence-electron chi connectivity index (χ4n) is 1.07. The summed E-state index contributed by atoms with van der Waals surface area (Å²) >= 11 is 5.92. The van der Waals surface area contributed by atoms with Crippen LogP contribution < -0.4 is 5.32 Å². The van der Waals surface area contributed by atoms with Crippen LogP contribution in [0, 0.1) is 11.6 Å². The Morgan fingerprint density at radius 2 is 2.12 bits per heavy atom. The van der Waals surface area contributed by atoms with E-state index in [0.717, 1.165) is 12.1 Å². The van der Waals surface area contributed by atoms with Crippen LogP contribution in [0.4, 0.5) is 14.5 Å². The molecule has 1 aromatic rings. The average molecular weight is 373 g/mol. The maximum Gasteiger partial charge on any atom is 0.321 e. The number of ether oxygens (including phenoxy) is 1. The van der Waals surface area contributed by atoms with E-state index in [2.05, 4.69) is 41.9 Å². The average Bonchev–Trinajstić information content (AvgIpc) is 2.30. The van der Waals surface area contributed by atoms with Gasteiger partial charge in [0, 0.05) is 12.6 Å². The van der Waals surface area contributed by atoms with Crippen molar-refractivity contribution in [3.05, 3.63) is 28.2 Å².